The SMILES string of the molecule is C=CCN(Cc1ccc2c(c1)OCCCO2)Cc1ccco1. The molecular weight excluding hydrogens is 278 g/mol. The van der Waals surface area contributed by atoms with Gasteiger partial charge in [-0.2, -0.15) is 0 Å². The fraction of sp³-hybridized carbons (Fsp3) is 0.333. The van der Waals surface area contributed by atoms with E-state index in [0.29, 0.717) is 13.2 Å². The standard InChI is InChI=1S/C18H21NO3/c1-2-8-19(14-16-5-3-9-20-16)13-15-6-7-17-18(12-15)22-11-4-10-21-17/h2-3,5-7,9,12H,1,4,8,10-11,13-14H2. The van der Waals surface area contributed by atoms with Crippen LogP contribution < -0.4 is 9.47 Å². The molecule has 4 nitrogen and oxygen atoms in total. The van der Waals surface area contributed by atoms with E-state index in [1.165, 1.54) is 5.56 Å². The second-order valence-electron chi connectivity index (χ2n) is 5.37. The van der Waals surface area contributed by atoms with E-state index < -0.39 is 0 Å². The Hall–Kier alpha value is -2.20. The van der Waals surface area contributed by atoms with Crippen LogP contribution >= 0.6 is 0 Å². The van der Waals surface area contributed by atoms with Crippen LogP contribution in [0.4, 0.5) is 0 Å². The summed E-state index contributed by atoms with van der Waals surface area (Å²) in [6, 6.07) is 10.1. The summed E-state index contributed by atoms with van der Waals surface area (Å²) in [4.78, 5) is 2.27. The minimum Gasteiger partial charge on any atom is -0.490 e. The molecule has 22 heavy (non-hydrogen) atoms. The minimum absolute atomic E-state index is 0.708. The molecule has 0 spiro atoms. The summed E-state index contributed by atoms with van der Waals surface area (Å²) in [7, 11) is 0. The molecule has 0 saturated carbocycles. The van der Waals surface area contributed by atoms with E-state index in [0.717, 1.165) is 43.3 Å². The van der Waals surface area contributed by atoms with Gasteiger partial charge in [-0.3, -0.25) is 4.90 Å². The van der Waals surface area contributed by atoms with Crippen LogP contribution in [0.15, 0.2) is 53.7 Å². The summed E-state index contributed by atoms with van der Waals surface area (Å²) in [6.07, 6.45) is 4.53. The monoisotopic (exact) mass is 299 g/mol. The molecule has 0 radical (unpaired) electrons. The van der Waals surface area contributed by atoms with Gasteiger partial charge in [-0.05, 0) is 29.8 Å². The summed E-state index contributed by atoms with van der Waals surface area (Å²) >= 11 is 0. The predicted molar refractivity (Wildman–Crippen MR) is 85.1 cm³/mol. The quantitative estimate of drug-likeness (QED) is 0.763. The van der Waals surface area contributed by atoms with Gasteiger partial charge in [-0.25, -0.2) is 0 Å². The summed E-state index contributed by atoms with van der Waals surface area (Å²) in [5.74, 6) is 2.63. The molecule has 0 fully saturated rings. The van der Waals surface area contributed by atoms with Gasteiger partial charge in [0.15, 0.2) is 11.5 Å². The van der Waals surface area contributed by atoms with Crippen molar-refractivity contribution < 1.29 is 13.9 Å². The van der Waals surface area contributed by atoms with Crippen molar-refractivity contribution in [2.24, 2.45) is 0 Å². The molecule has 0 bridgehead atoms. The maximum atomic E-state index is 5.75. The van der Waals surface area contributed by atoms with E-state index in [1.54, 1.807) is 6.26 Å². The second-order valence-corrected chi connectivity index (χ2v) is 5.37. The predicted octanol–water partition coefficient (Wildman–Crippen LogP) is 3.63. The van der Waals surface area contributed by atoms with Crippen LogP contribution in [-0.2, 0) is 13.1 Å². The summed E-state index contributed by atoms with van der Waals surface area (Å²) in [6.45, 7) is 7.63. The first-order valence-electron chi connectivity index (χ1n) is 7.59. The molecular formula is C18H21NO3. The van der Waals surface area contributed by atoms with Crippen molar-refractivity contribution in [1.29, 1.82) is 0 Å². The zero-order valence-electron chi connectivity index (χ0n) is 12.7. The van der Waals surface area contributed by atoms with Crippen molar-refractivity contribution in [2.75, 3.05) is 19.8 Å². The molecule has 0 aliphatic carbocycles. The third-order valence-electron chi connectivity index (χ3n) is 3.56. The Balaban J connectivity index is 1.71. The number of hydrogen-bond donors (Lipinski definition) is 0. The van der Waals surface area contributed by atoms with Crippen LogP contribution in [0.5, 0.6) is 11.5 Å². The molecule has 0 amide bonds. The second kappa shape index (κ2) is 7.18. The minimum atomic E-state index is 0.708. The van der Waals surface area contributed by atoms with Gasteiger partial charge in [0.25, 0.3) is 0 Å². The van der Waals surface area contributed by atoms with E-state index in [-0.39, 0.29) is 0 Å². The van der Waals surface area contributed by atoms with Crippen molar-refractivity contribution in [2.45, 2.75) is 19.5 Å². The zero-order valence-corrected chi connectivity index (χ0v) is 12.7. The van der Waals surface area contributed by atoms with Crippen molar-refractivity contribution in [3.63, 3.8) is 0 Å². The smallest absolute Gasteiger partial charge is 0.161 e. The molecule has 2 heterocycles. The van der Waals surface area contributed by atoms with E-state index in [9.17, 15) is 0 Å². The lowest BCUT2D eigenvalue weighted by molar-refractivity contribution is 0.259. The first-order chi connectivity index (χ1) is 10.8. The van der Waals surface area contributed by atoms with Crippen LogP contribution in [0.25, 0.3) is 0 Å². The highest BCUT2D eigenvalue weighted by atomic mass is 16.5. The lowest BCUT2D eigenvalue weighted by Gasteiger charge is -2.20. The highest BCUT2D eigenvalue weighted by Crippen LogP contribution is 2.30. The van der Waals surface area contributed by atoms with E-state index in [4.69, 9.17) is 13.9 Å². The summed E-state index contributed by atoms with van der Waals surface area (Å²) in [5, 5.41) is 0. The van der Waals surface area contributed by atoms with Crippen molar-refractivity contribution in [1.82, 2.24) is 4.90 Å². The third kappa shape index (κ3) is 3.71. The number of ether oxygens (including phenoxy) is 2. The molecule has 3 rings (SSSR count). The van der Waals surface area contributed by atoms with Crippen LogP contribution in [-0.4, -0.2) is 24.7 Å². The van der Waals surface area contributed by atoms with Gasteiger partial charge in [-0.15, -0.1) is 6.58 Å². The summed E-state index contributed by atoms with van der Waals surface area (Å²) in [5.41, 5.74) is 1.19. The normalized spacial score (nSPS) is 13.9. The lowest BCUT2D eigenvalue weighted by atomic mass is 10.2. The first kappa shape index (κ1) is 14.7. The van der Waals surface area contributed by atoms with Crippen molar-refractivity contribution >= 4 is 0 Å². The van der Waals surface area contributed by atoms with Crippen LogP contribution in [0.1, 0.15) is 17.7 Å². The van der Waals surface area contributed by atoms with Gasteiger partial charge in [0.2, 0.25) is 0 Å². The Labute approximate surface area is 130 Å². The highest BCUT2D eigenvalue weighted by molar-refractivity contribution is 5.43. The fourth-order valence-corrected chi connectivity index (χ4v) is 2.55. The molecule has 1 aromatic heterocycles. The average molecular weight is 299 g/mol. The lowest BCUT2D eigenvalue weighted by Crippen LogP contribution is -2.22. The molecule has 0 unspecified atom stereocenters. The number of rotatable bonds is 6. The Morgan fingerprint density at radius 3 is 2.73 bits per heavy atom. The Bertz CT molecular complexity index is 607. The largest absolute Gasteiger partial charge is 0.490 e. The van der Waals surface area contributed by atoms with Crippen LogP contribution in [0.2, 0.25) is 0 Å². The van der Waals surface area contributed by atoms with Gasteiger partial charge in [0.05, 0.1) is 26.0 Å². The van der Waals surface area contributed by atoms with E-state index in [2.05, 4.69) is 23.6 Å². The molecule has 0 atom stereocenters. The van der Waals surface area contributed by atoms with E-state index >= 15 is 0 Å². The van der Waals surface area contributed by atoms with Gasteiger partial charge in [0, 0.05) is 19.5 Å². The molecule has 1 aliphatic heterocycles. The van der Waals surface area contributed by atoms with Crippen LogP contribution in [0, 0.1) is 0 Å². The fourth-order valence-electron chi connectivity index (χ4n) is 2.55. The maximum absolute atomic E-state index is 5.75. The molecule has 2 aromatic rings. The maximum Gasteiger partial charge on any atom is 0.161 e. The van der Waals surface area contributed by atoms with Crippen molar-refractivity contribution in [3.05, 3.63) is 60.6 Å². The summed E-state index contributed by atoms with van der Waals surface area (Å²) < 4.78 is 16.9. The van der Waals surface area contributed by atoms with Crippen molar-refractivity contribution in [3.8, 4) is 11.5 Å². The Kier molecular flexibility index (Phi) is 4.81. The molecule has 116 valence electrons. The molecule has 4 heteroatoms. The first-order valence-corrected chi connectivity index (χ1v) is 7.59. The van der Waals surface area contributed by atoms with Gasteiger partial charge in [0.1, 0.15) is 5.76 Å². The number of hydrogen-bond acceptors (Lipinski definition) is 4. The average Bonchev–Trinajstić information content (AvgIpc) is 2.91. The van der Waals surface area contributed by atoms with Gasteiger partial charge < -0.3 is 13.9 Å². The van der Waals surface area contributed by atoms with Crippen LogP contribution in [0.3, 0.4) is 0 Å². The van der Waals surface area contributed by atoms with Gasteiger partial charge >= 0.3 is 0 Å². The number of nitrogens with zero attached hydrogens (tertiary/aromatic N) is 1. The molecule has 0 saturated heterocycles. The molecule has 1 aliphatic rings. The number of furan rings is 1. The Morgan fingerprint density at radius 1 is 1.09 bits per heavy atom. The number of benzene rings is 1. The molecule has 0 N–H and O–H groups in total. The molecule has 1 aromatic carbocycles. The topological polar surface area (TPSA) is 34.8 Å². The van der Waals surface area contributed by atoms with E-state index in [1.807, 2.05) is 24.3 Å². The van der Waals surface area contributed by atoms with Gasteiger partial charge in [-0.1, -0.05) is 12.1 Å². The third-order valence-corrected chi connectivity index (χ3v) is 3.56. The highest BCUT2D eigenvalue weighted by Gasteiger charge is 2.13. The Morgan fingerprint density at radius 2 is 1.95 bits per heavy atom. The zero-order chi connectivity index (χ0) is 15.2. The number of fused-ring (bicyclic) bond motifs is 1.